The molecule has 200 valence electrons. The number of pyridine rings is 1. The summed E-state index contributed by atoms with van der Waals surface area (Å²) in [5.41, 5.74) is 4.85. The van der Waals surface area contributed by atoms with E-state index in [0.29, 0.717) is 43.5 Å². The van der Waals surface area contributed by atoms with Gasteiger partial charge in [-0.3, -0.25) is 4.79 Å². The van der Waals surface area contributed by atoms with E-state index in [9.17, 15) is 4.79 Å². The number of aryl methyl sites for hydroxylation is 2. The van der Waals surface area contributed by atoms with Crippen LogP contribution in [0.2, 0.25) is 0 Å². The average molecular weight is 514 g/mol. The van der Waals surface area contributed by atoms with Crippen LogP contribution in [-0.4, -0.2) is 45.0 Å². The number of rotatable bonds is 13. The average Bonchev–Trinajstić information content (AvgIpc) is 3.26. The molecule has 2 aromatic carbocycles. The molecule has 0 bridgehead atoms. The summed E-state index contributed by atoms with van der Waals surface area (Å²) in [7, 11) is 0. The molecule has 2 aromatic heterocycles. The molecule has 4 aromatic rings. The van der Waals surface area contributed by atoms with Crippen molar-refractivity contribution >= 4 is 17.1 Å². The normalized spacial score (nSPS) is 11.3. The first-order chi connectivity index (χ1) is 18.4. The first-order valence-corrected chi connectivity index (χ1v) is 13.5. The molecular formula is C31H39N5O2. The molecule has 0 saturated carbocycles. The number of hydrogen-bond acceptors (Lipinski definition) is 5. The van der Waals surface area contributed by atoms with Gasteiger partial charge in [0, 0.05) is 37.9 Å². The van der Waals surface area contributed by atoms with Crippen molar-refractivity contribution in [1.82, 2.24) is 24.8 Å². The SMILES string of the molecule is CCCn1c(CN(CC(C)C)C(=O)c2cccc(OCCNCc3ccc(C)cc3)c2)nc2cccnc21. The van der Waals surface area contributed by atoms with Crippen molar-refractivity contribution in [2.24, 2.45) is 5.92 Å². The fourth-order valence-electron chi connectivity index (χ4n) is 4.50. The van der Waals surface area contributed by atoms with Gasteiger partial charge in [0.05, 0.1) is 6.54 Å². The summed E-state index contributed by atoms with van der Waals surface area (Å²) in [6.45, 7) is 12.4. The lowest BCUT2D eigenvalue weighted by molar-refractivity contribution is 0.0715. The molecule has 0 aliphatic carbocycles. The summed E-state index contributed by atoms with van der Waals surface area (Å²) in [6.07, 6.45) is 2.76. The molecule has 0 aliphatic heterocycles. The predicted octanol–water partition coefficient (Wildman–Crippen LogP) is 5.62. The van der Waals surface area contributed by atoms with E-state index in [1.165, 1.54) is 11.1 Å². The Labute approximate surface area is 225 Å². The Morgan fingerprint density at radius 2 is 1.92 bits per heavy atom. The molecule has 0 spiro atoms. The minimum absolute atomic E-state index is 0.0234. The number of carbonyl (C=O) groups excluding carboxylic acids is 1. The molecule has 0 fully saturated rings. The topological polar surface area (TPSA) is 72.3 Å². The van der Waals surface area contributed by atoms with E-state index in [4.69, 9.17) is 9.72 Å². The molecule has 0 saturated heterocycles. The number of nitrogens with one attached hydrogen (secondary N) is 1. The van der Waals surface area contributed by atoms with Gasteiger partial charge >= 0.3 is 0 Å². The van der Waals surface area contributed by atoms with E-state index < -0.39 is 0 Å². The zero-order valence-corrected chi connectivity index (χ0v) is 23.0. The van der Waals surface area contributed by atoms with Crippen molar-refractivity contribution in [3.05, 3.63) is 89.4 Å². The van der Waals surface area contributed by atoms with Crippen LogP contribution in [0.3, 0.4) is 0 Å². The number of fused-ring (bicyclic) bond motifs is 1. The number of carbonyl (C=O) groups is 1. The number of aromatic nitrogens is 3. The van der Waals surface area contributed by atoms with E-state index in [2.05, 4.69) is 66.8 Å². The van der Waals surface area contributed by atoms with Gasteiger partial charge in [0.25, 0.3) is 5.91 Å². The zero-order chi connectivity index (χ0) is 26.9. The fourth-order valence-corrected chi connectivity index (χ4v) is 4.50. The van der Waals surface area contributed by atoms with Crippen molar-refractivity contribution in [2.75, 3.05) is 19.7 Å². The molecule has 2 heterocycles. The van der Waals surface area contributed by atoms with E-state index in [1.807, 2.05) is 41.3 Å². The van der Waals surface area contributed by atoms with Crippen LogP contribution in [0.1, 0.15) is 54.5 Å². The van der Waals surface area contributed by atoms with Crippen LogP contribution in [0.15, 0.2) is 66.9 Å². The van der Waals surface area contributed by atoms with Crippen LogP contribution in [0, 0.1) is 12.8 Å². The highest BCUT2D eigenvalue weighted by atomic mass is 16.5. The third kappa shape index (κ3) is 7.19. The quantitative estimate of drug-likeness (QED) is 0.235. The van der Waals surface area contributed by atoms with Gasteiger partial charge in [0.2, 0.25) is 0 Å². The van der Waals surface area contributed by atoms with Gasteiger partial charge in [0.15, 0.2) is 5.65 Å². The van der Waals surface area contributed by atoms with Crippen LogP contribution in [0.25, 0.3) is 11.2 Å². The maximum absolute atomic E-state index is 13.7. The highest BCUT2D eigenvalue weighted by Crippen LogP contribution is 2.20. The molecule has 0 atom stereocenters. The summed E-state index contributed by atoms with van der Waals surface area (Å²) in [5.74, 6) is 1.85. The van der Waals surface area contributed by atoms with Gasteiger partial charge in [-0.05, 0) is 55.2 Å². The highest BCUT2D eigenvalue weighted by molar-refractivity contribution is 5.94. The van der Waals surface area contributed by atoms with E-state index in [0.717, 1.165) is 36.5 Å². The van der Waals surface area contributed by atoms with Gasteiger partial charge < -0.3 is 19.5 Å². The molecule has 1 N–H and O–H groups in total. The van der Waals surface area contributed by atoms with Crippen molar-refractivity contribution in [3.8, 4) is 5.75 Å². The summed E-state index contributed by atoms with van der Waals surface area (Å²) in [5, 5.41) is 3.41. The molecule has 38 heavy (non-hydrogen) atoms. The number of benzene rings is 2. The van der Waals surface area contributed by atoms with Crippen LogP contribution in [0.4, 0.5) is 0 Å². The minimum Gasteiger partial charge on any atom is -0.492 e. The van der Waals surface area contributed by atoms with Crippen LogP contribution < -0.4 is 10.1 Å². The maximum atomic E-state index is 13.7. The summed E-state index contributed by atoms with van der Waals surface area (Å²) < 4.78 is 8.10. The van der Waals surface area contributed by atoms with Crippen molar-refractivity contribution < 1.29 is 9.53 Å². The Balaban J connectivity index is 1.41. The van der Waals surface area contributed by atoms with Gasteiger partial charge in [-0.15, -0.1) is 0 Å². The Bertz CT molecular complexity index is 1330. The van der Waals surface area contributed by atoms with E-state index in [-0.39, 0.29) is 5.91 Å². The third-order valence-electron chi connectivity index (χ3n) is 6.31. The Kier molecular flexibility index (Phi) is 9.49. The first kappa shape index (κ1) is 27.3. The van der Waals surface area contributed by atoms with Gasteiger partial charge in [-0.1, -0.05) is 56.7 Å². The fraction of sp³-hybridized carbons (Fsp3) is 0.387. The molecule has 0 aliphatic rings. The summed E-state index contributed by atoms with van der Waals surface area (Å²) in [6, 6.07) is 19.9. The largest absolute Gasteiger partial charge is 0.492 e. The molecule has 7 nitrogen and oxygen atoms in total. The Hall–Kier alpha value is -3.71. The standard InChI is InChI=1S/C31H39N5O2/c1-5-17-36-29(34-28-10-7-15-33-30(28)36)22-35(21-23(2)3)31(37)26-8-6-9-27(19-26)38-18-16-32-20-25-13-11-24(4)12-14-25/h6-15,19,23,32H,5,16-18,20-22H2,1-4H3. The third-order valence-corrected chi connectivity index (χ3v) is 6.31. The van der Waals surface area contributed by atoms with Crippen LogP contribution in [0.5, 0.6) is 5.75 Å². The number of imidazole rings is 1. The van der Waals surface area contributed by atoms with Crippen LogP contribution >= 0.6 is 0 Å². The predicted molar refractivity (Wildman–Crippen MR) is 152 cm³/mol. The second kappa shape index (κ2) is 13.2. The monoisotopic (exact) mass is 513 g/mol. The van der Waals surface area contributed by atoms with Gasteiger partial charge in [-0.25, -0.2) is 9.97 Å². The number of amides is 1. The molecule has 7 heteroatoms. The first-order valence-electron chi connectivity index (χ1n) is 13.5. The molecule has 0 radical (unpaired) electrons. The summed E-state index contributed by atoms with van der Waals surface area (Å²) >= 11 is 0. The minimum atomic E-state index is -0.0234. The van der Waals surface area contributed by atoms with Crippen molar-refractivity contribution in [3.63, 3.8) is 0 Å². The highest BCUT2D eigenvalue weighted by Gasteiger charge is 2.21. The van der Waals surface area contributed by atoms with Crippen molar-refractivity contribution in [2.45, 2.75) is 53.8 Å². The van der Waals surface area contributed by atoms with Crippen LogP contribution in [-0.2, 0) is 19.6 Å². The smallest absolute Gasteiger partial charge is 0.254 e. The molecule has 4 rings (SSSR count). The van der Waals surface area contributed by atoms with E-state index >= 15 is 0 Å². The molecular weight excluding hydrogens is 474 g/mol. The lowest BCUT2D eigenvalue weighted by Crippen LogP contribution is -2.34. The molecule has 0 unspecified atom stereocenters. The van der Waals surface area contributed by atoms with Gasteiger partial charge in [-0.2, -0.15) is 0 Å². The second-order valence-corrected chi connectivity index (χ2v) is 10.1. The Morgan fingerprint density at radius 1 is 1.11 bits per heavy atom. The number of nitrogens with zero attached hydrogens (tertiary/aromatic N) is 4. The van der Waals surface area contributed by atoms with Crippen molar-refractivity contribution in [1.29, 1.82) is 0 Å². The number of hydrogen-bond donors (Lipinski definition) is 1. The van der Waals surface area contributed by atoms with Gasteiger partial charge in [0.1, 0.15) is 23.7 Å². The molecule has 1 amide bonds. The lowest BCUT2D eigenvalue weighted by Gasteiger charge is -2.25. The van der Waals surface area contributed by atoms with E-state index in [1.54, 1.807) is 6.20 Å². The lowest BCUT2D eigenvalue weighted by atomic mass is 10.1. The maximum Gasteiger partial charge on any atom is 0.254 e. The second-order valence-electron chi connectivity index (χ2n) is 10.1. The zero-order valence-electron chi connectivity index (χ0n) is 23.0. The summed E-state index contributed by atoms with van der Waals surface area (Å²) in [4.78, 5) is 24.9. The Morgan fingerprint density at radius 3 is 2.68 bits per heavy atom. The number of ether oxygens (including phenoxy) is 1.